The molecule has 0 atom stereocenters. The molecule has 0 saturated heterocycles. The van der Waals surface area contributed by atoms with E-state index in [1.807, 2.05) is 30.3 Å². The molecule has 4 aromatic rings. The Hall–Kier alpha value is -3.53. The number of aryl methyl sites for hydroxylation is 2. The van der Waals surface area contributed by atoms with Crippen LogP contribution in [0.3, 0.4) is 0 Å². The van der Waals surface area contributed by atoms with Gasteiger partial charge in [0.05, 0.1) is 12.8 Å². The summed E-state index contributed by atoms with van der Waals surface area (Å²) in [5.41, 5.74) is 7.18. The maximum Gasteiger partial charge on any atom is 0.343 e. The molecular weight excluding hydrogens is 362 g/mol. The molecule has 146 valence electrons. The number of carbonyl (C=O) groups excluding carboxylic acids is 1. The van der Waals surface area contributed by atoms with Gasteiger partial charge < -0.3 is 14.0 Å². The van der Waals surface area contributed by atoms with E-state index in [1.54, 1.807) is 0 Å². The summed E-state index contributed by atoms with van der Waals surface area (Å²) in [5.74, 6) is 0.244. The van der Waals surface area contributed by atoms with Crippen molar-refractivity contribution in [1.82, 2.24) is 4.57 Å². The molecule has 0 bridgehead atoms. The molecule has 0 aliphatic heterocycles. The molecule has 1 heterocycles. The molecule has 0 amide bonds. The molecule has 0 N–H and O–H groups in total. The van der Waals surface area contributed by atoms with Crippen LogP contribution in [0.1, 0.15) is 5.56 Å². The number of ether oxygens (including phenoxy) is 2. The number of benzene rings is 3. The summed E-state index contributed by atoms with van der Waals surface area (Å²) in [7, 11) is 3.46. The van der Waals surface area contributed by atoms with Gasteiger partial charge in [-0.2, -0.15) is 0 Å². The monoisotopic (exact) mass is 385 g/mol. The van der Waals surface area contributed by atoms with Crippen LogP contribution in [-0.2, 0) is 16.6 Å². The van der Waals surface area contributed by atoms with E-state index in [0.29, 0.717) is 5.75 Å². The zero-order chi connectivity index (χ0) is 20.4. The average molecular weight is 385 g/mol. The molecule has 0 fully saturated rings. The summed E-state index contributed by atoms with van der Waals surface area (Å²) < 4.78 is 12.3. The van der Waals surface area contributed by atoms with Gasteiger partial charge in [-0.15, -0.1) is 0 Å². The van der Waals surface area contributed by atoms with Crippen LogP contribution in [0.25, 0.3) is 33.3 Å². The first-order chi connectivity index (χ1) is 14.1. The molecule has 1 aromatic heterocycles. The maximum absolute atomic E-state index is 11.3. The number of esters is 1. The molecule has 0 spiro atoms. The minimum absolute atomic E-state index is 0.0936. The van der Waals surface area contributed by atoms with Crippen LogP contribution >= 0.6 is 0 Å². The van der Waals surface area contributed by atoms with Gasteiger partial charge in [0.25, 0.3) is 0 Å². The molecule has 0 saturated carbocycles. The van der Waals surface area contributed by atoms with E-state index in [2.05, 4.69) is 65.7 Å². The second-order valence-corrected chi connectivity index (χ2v) is 6.99. The van der Waals surface area contributed by atoms with Crippen LogP contribution in [0.4, 0.5) is 0 Å². The average Bonchev–Trinajstić information content (AvgIpc) is 3.03. The molecule has 4 rings (SSSR count). The lowest BCUT2D eigenvalue weighted by atomic mass is 9.98. The highest BCUT2D eigenvalue weighted by molar-refractivity contribution is 6.02. The number of aromatic nitrogens is 1. The summed E-state index contributed by atoms with van der Waals surface area (Å²) in [5, 5.41) is 1.25. The number of hydrogen-bond donors (Lipinski definition) is 0. The van der Waals surface area contributed by atoms with Crippen molar-refractivity contribution in [2.75, 3.05) is 13.7 Å². The van der Waals surface area contributed by atoms with Gasteiger partial charge in [0.15, 0.2) is 6.61 Å². The molecule has 4 heteroatoms. The quantitative estimate of drug-likeness (QED) is 0.434. The van der Waals surface area contributed by atoms with E-state index in [1.165, 1.54) is 40.4 Å². The minimum Gasteiger partial charge on any atom is -0.482 e. The smallest absolute Gasteiger partial charge is 0.343 e. The highest BCUT2D eigenvalue weighted by Crippen LogP contribution is 2.38. The van der Waals surface area contributed by atoms with Crippen LogP contribution in [0.15, 0.2) is 72.8 Å². The molecule has 4 nitrogen and oxygen atoms in total. The number of fused-ring (bicyclic) bond motifs is 1. The van der Waals surface area contributed by atoms with Crippen LogP contribution in [0.5, 0.6) is 5.75 Å². The first kappa shape index (κ1) is 18.8. The lowest BCUT2D eigenvalue weighted by Gasteiger charge is -2.08. The molecule has 29 heavy (non-hydrogen) atoms. The Morgan fingerprint density at radius 3 is 2.31 bits per heavy atom. The van der Waals surface area contributed by atoms with Gasteiger partial charge in [-0.3, -0.25) is 0 Å². The Morgan fingerprint density at radius 2 is 1.62 bits per heavy atom. The van der Waals surface area contributed by atoms with Gasteiger partial charge in [0, 0.05) is 18.0 Å². The Bertz CT molecular complexity index is 1160. The van der Waals surface area contributed by atoms with Crippen LogP contribution in [-0.4, -0.2) is 24.3 Å². The number of carbonyl (C=O) groups is 1. The maximum atomic E-state index is 11.3. The van der Waals surface area contributed by atoms with E-state index in [9.17, 15) is 4.79 Å². The first-order valence-corrected chi connectivity index (χ1v) is 9.53. The molecule has 0 unspecified atom stereocenters. The van der Waals surface area contributed by atoms with E-state index >= 15 is 0 Å². The predicted octanol–water partition coefficient (Wildman–Crippen LogP) is 5.37. The highest BCUT2D eigenvalue weighted by atomic mass is 16.6. The molecule has 0 aliphatic carbocycles. The van der Waals surface area contributed by atoms with E-state index in [-0.39, 0.29) is 6.61 Å². The summed E-state index contributed by atoms with van der Waals surface area (Å²) in [6, 6.07) is 24.7. The third-order valence-corrected chi connectivity index (χ3v) is 5.27. The van der Waals surface area contributed by atoms with E-state index < -0.39 is 5.97 Å². The van der Waals surface area contributed by atoms with Gasteiger partial charge in [-0.1, -0.05) is 54.6 Å². The predicted molar refractivity (Wildman–Crippen MR) is 116 cm³/mol. The number of nitrogens with zero attached hydrogens (tertiary/aromatic N) is 1. The zero-order valence-corrected chi connectivity index (χ0v) is 16.8. The van der Waals surface area contributed by atoms with Crippen molar-refractivity contribution < 1.29 is 14.3 Å². The number of methoxy groups -OCH3 is 1. The van der Waals surface area contributed by atoms with Crippen LogP contribution < -0.4 is 4.74 Å². The highest BCUT2D eigenvalue weighted by Gasteiger charge is 2.16. The lowest BCUT2D eigenvalue weighted by molar-refractivity contribution is -0.142. The van der Waals surface area contributed by atoms with Crippen molar-refractivity contribution in [3.05, 3.63) is 78.4 Å². The molecule has 0 aliphatic rings. The van der Waals surface area contributed by atoms with Crippen molar-refractivity contribution in [2.24, 2.45) is 7.05 Å². The minimum atomic E-state index is -0.396. The van der Waals surface area contributed by atoms with Crippen molar-refractivity contribution >= 4 is 16.9 Å². The third kappa shape index (κ3) is 3.49. The van der Waals surface area contributed by atoms with Gasteiger partial charge in [0.2, 0.25) is 0 Å². The van der Waals surface area contributed by atoms with E-state index in [4.69, 9.17) is 4.74 Å². The Labute approximate surface area is 170 Å². The van der Waals surface area contributed by atoms with Gasteiger partial charge in [-0.05, 0) is 47.4 Å². The summed E-state index contributed by atoms with van der Waals surface area (Å²) in [6.45, 7) is 2.09. The zero-order valence-electron chi connectivity index (χ0n) is 16.8. The summed E-state index contributed by atoms with van der Waals surface area (Å²) in [4.78, 5) is 11.3. The second kappa shape index (κ2) is 7.84. The van der Waals surface area contributed by atoms with Crippen molar-refractivity contribution in [1.29, 1.82) is 0 Å². The van der Waals surface area contributed by atoms with Crippen LogP contribution in [0, 0.1) is 6.92 Å². The standard InChI is InChI=1S/C25H23NO3/c1-17-24-21(18-12-14-20(15-13-18)29-16-23(27)28-3)10-7-11-22(24)26(2)25(17)19-8-5-4-6-9-19/h4-15H,16H2,1-3H3. The van der Waals surface area contributed by atoms with Crippen molar-refractivity contribution in [3.63, 3.8) is 0 Å². The van der Waals surface area contributed by atoms with E-state index in [0.717, 1.165) is 5.56 Å². The largest absolute Gasteiger partial charge is 0.482 e. The third-order valence-electron chi connectivity index (χ3n) is 5.27. The van der Waals surface area contributed by atoms with Gasteiger partial charge >= 0.3 is 5.97 Å². The fraction of sp³-hybridized carbons (Fsp3) is 0.160. The Morgan fingerprint density at radius 1 is 0.897 bits per heavy atom. The summed E-state index contributed by atoms with van der Waals surface area (Å²) in [6.07, 6.45) is 0. The normalized spacial score (nSPS) is 10.9. The topological polar surface area (TPSA) is 40.5 Å². The molecule has 3 aromatic carbocycles. The SMILES string of the molecule is COC(=O)COc1ccc(-c2cccc3c2c(C)c(-c2ccccc2)n3C)cc1. The number of hydrogen-bond acceptors (Lipinski definition) is 3. The van der Waals surface area contributed by atoms with Crippen LogP contribution in [0.2, 0.25) is 0 Å². The van der Waals surface area contributed by atoms with Crippen molar-refractivity contribution in [3.8, 4) is 28.1 Å². The Balaban J connectivity index is 1.76. The lowest BCUT2D eigenvalue weighted by Crippen LogP contribution is -2.12. The molecule has 0 radical (unpaired) electrons. The number of rotatable bonds is 5. The van der Waals surface area contributed by atoms with Crippen molar-refractivity contribution in [2.45, 2.75) is 6.92 Å². The van der Waals surface area contributed by atoms with Gasteiger partial charge in [-0.25, -0.2) is 4.79 Å². The second-order valence-electron chi connectivity index (χ2n) is 6.99. The first-order valence-electron chi connectivity index (χ1n) is 9.53. The summed E-state index contributed by atoms with van der Waals surface area (Å²) >= 11 is 0. The fourth-order valence-electron chi connectivity index (χ4n) is 3.88. The molecular formula is C25H23NO3. The Kier molecular flexibility index (Phi) is 5.09. The van der Waals surface area contributed by atoms with Gasteiger partial charge in [0.1, 0.15) is 5.75 Å². The fourth-order valence-corrected chi connectivity index (χ4v) is 3.88.